The third kappa shape index (κ3) is 4.96. The minimum Gasteiger partial charge on any atom is -0.493 e. The molecule has 0 atom stereocenters. The first-order chi connectivity index (χ1) is 15.6. The van der Waals surface area contributed by atoms with Crippen LogP contribution in [-0.2, 0) is 0 Å². The number of hydrogen-bond donors (Lipinski definition) is 1. The zero-order chi connectivity index (χ0) is 23.1. The minimum absolute atomic E-state index is 0.0795. The van der Waals surface area contributed by atoms with E-state index in [1.165, 1.54) is 0 Å². The second kappa shape index (κ2) is 10.8. The van der Waals surface area contributed by atoms with Gasteiger partial charge in [-0.1, -0.05) is 44.9 Å². The number of hydrogen-bond acceptors (Lipinski definition) is 5. The summed E-state index contributed by atoms with van der Waals surface area (Å²) in [6, 6.07) is 13.4. The van der Waals surface area contributed by atoms with Crippen LogP contribution in [0.1, 0.15) is 49.9 Å². The Morgan fingerprint density at radius 1 is 0.938 bits per heavy atom. The Balaban J connectivity index is 2.12. The molecule has 1 heterocycles. The summed E-state index contributed by atoms with van der Waals surface area (Å²) in [6.07, 6.45) is 3.97. The number of aromatic nitrogens is 1. The van der Waals surface area contributed by atoms with Gasteiger partial charge in [0.25, 0.3) is 5.91 Å². The standard InChI is InChI=1S/C26H32N2O4/c1-6-10-18(11-7-2)27-26(29)20-16-22(28-21-13-9-8-12-19(20)21)17-14-23(30-3)25(32-5)24(15-17)31-4/h8-9,12-16,18H,6-7,10-11H2,1-5H3,(H,27,29). The lowest BCUT2D eigenvalue weighted by Crippen LogP contribution is -2.34. The van der Waals surface area contributed by atoms with E-state index in [1.54, 1.807) is 21.3 Å². The summed E-state index contributed by atoms with van der Waals surface area (Å²) >= 11 is 0. The van der Waals surface area contributed by atoms with Crippen LogP contribution in [0.2, 0.25) is 0 Å². The molecule has 0 fully saturated rings. The van der Waals surface area contributed by atoms with Gasteiger partial charge in [0, 0.05) is 17.0 Å². The summed E-state index contributed by atoms with van der Waals surface area (Å²) in [4.78, 5) is 18.2. The molecule has 32 heavy (non-hydrogen) atoms. The van der Waals surface area contributed by atoms with E-state index in [9.17, 15) is 4.79 Å². The lowest BCUT2D eigenvalue weighted by atomic mass is 10.0. The third-order valence-corrected chi connectivity index (χ3v) is 5.53. The molecule has 0 saturated carbocycles. The maximum absolute atomic E-state index is 13.3. The Morgan fingerprint density at radius 2 is 1.56 bits per heavy atom. The van der Waals surface area contributed by atoms with Gasteiger partial charge in [-0.15, -0.1) is 0 Å². The number of carbonyl (C=O) groups excluding carboxylic acids is 1. The average Bonchev–Trinajstić information content (AvgIpc) is 2.82. The summed E-state index contributed by atoms with van der Waals surface area (Å²) in [5.74, 6) is 1.51. The molecule has 0 saturated heterocycles. The number of nitrogens with one attached hydrogen (secondary N) is 1. The van der Waals surface area contributed by atoms with Crippen molar-refractivity contribution >= 4 is 16.8 Å². The smallest absolute Gasteiger partial charge is 0.252 e. The van der Waals surface area contributed by atoms with Gasteiger partial charge < -0.3 is 19.5 Å². The third-order valence-electron chi connectivity index (χ3n) is 5.53. The first kappa shape index (κ1) is 23.4. The highest BCUT2D eigenvalue weighted by Gasteiger charge is 2.19. The van der Waals surface area contributed by atoms with Crippen molar-refractivity contribution in [1.82, 2.24) is 10.3 Å². The van der Waals surface area contributed by atoms with Crippen LogP contribution in [0.4, 0.5) is 0 Å². The van der Waals surface area contributed by atoms with Gasteiger partial charge in [-0.05, 0) is 37.1 Å². The predicted octanol–water partition coefficient (Wildman–Crippen LogP) is 5.63. The zero-order valence-corrected chi connectivity index (χ0v) is 19.5. The highest BCUT2D eigenvalue weighted by molar-refractivity contribution is 6.07. The van der Waals surface area contributed by atoms with Crippen molar-refractivity contribution in [3.63, 3.8) is 0 Å². The van der Waals surface area contributed by atoms with Gasteiger partial charge in [-0.25, -0.2) is 4.98 Å². The van der Waals surface area contributed by atoms with Gasteiger partial charge in [-0.2, -0.15) is 0 Å². The van der Waals surface area contributed by atoms with Gasteiger partial charge >= 0.3 is 0 Å². The van der Waals surface area contributed by atoms with E-state index < -0.39 is 0 Å². The highest BCUT2D eigenvalue weighted by Crippen LogP contribution is 2.41. The fourth-order valence-electron chi connectivity index (χ4n) is 3.99. The van der Waals surface area contributed by atoms with Gasteiger partial charge in [0.1, 0.15) is 0 Å². The zero-order valence-electron chi connectivity index (χ0n) is 19.5. The Bertz CT molecular complexity index is 1050. The van der Waals surface area contributed by atoms with E-state index >= 15 is 0 Å². The van der Waals surface area contributed by atoms with Gasteiger partial charge in [-0.3, -0.25) is 4.79 Å². The highest BCUT2D eigenvalue weighted by atomic mass is 16.5. The largest absolute Gasteiger partial charge is 0.493 e. The van der Waals surface area contributed by atoms with Crippen LogP contribution < -0.4 is 19.5 Å². The number of fused-ring (bicyclic) bond motifs is 1. The van der Waals surface area contributed by atoms with Crippen LogP contribution in [0.15, 0.2) is 42.5 Å². The molecule has 170 valence electrons. The molecule has 0 radical (unpaired) electrons. The van der Waals surface area contributed by atoms with E-state index in [2.05, 4.69) is 19.2 Å². The average molecular weight is 437 g/mol. The quantitative estimate of drug-likeness (QED) is 0.446. The van der Waals surface area contributed by atoms with Crippen molar-refractivity contribution in [2.45, 2.75) is 45.6 Å². The maximum atomic E-state index is 13.3. The number of carbonyl (C=O) groups is 1. The Kier molecular flexibility index (Phi) is 7.92. The summed E-state index contributed by atoms with van der Waals surface area (Å²) in [5, 5.41) is 4.06. The first-order valence-electron chi connectivity index (χ1n) is 11.1. The van der Waals surface area contributed by atoms with E-state index in [4.69, 9.17) is 19.2 Å². The minimum atomic E-state index is -0.0795. The fraction of sp³-hybridized carbons (Fsp3) is 0.385. The number of pyridine rings is 1. The van der Waals surface area contributed by atoms with Crippen LogP contribution in [-0.4, -0.2) is 38.3 Å². The molecular formula is C26H32N2O4. The van der Waals surface area contributed by atoms with Crippen molar-refractivity contribution in [1.29, 1.82) is 0 Å². The van der Waals surface area contributed by atoms with E-state index in [0.29, 0.717) is 28.5 Å². The Morgan fingerprint density at radius 3 is 2.12 bits per heavy atom. The van der Waals surface area contributed by atoms with Crippen LogP contribution in [0.3, 0.4) is 0 Å². The Labute approximate surface area is 189 Å². The van der Waals surface area contributed by atoms with Crippen LogP contribution in [0.5, 0.6) is 17.2 Å². The molecule has 1 N–H and O–H groups in total. The molecule has 1 aromatic heterocycles. The topological polar surface area (TPSA) is 69.7 Å². The van der Waals surface area contributed by atoms with Crippen molar-refractivity contribution in [2.75, 3.05) is 21.3 Å². The molecule has 6 heteroatoms. The van der Waals surface area contributed by atoms with Crippen molar-refractivity contribution in [3.05, 3.63) is 48.0 Å². The molecule has 3 aromatic rings. The molecule has 0 aliphatic heterocycles. The molecule has 0 bridgehead atoms. The second-order valence-corrected chi connectivity index (χ2v) is 7.73. The van der Waals surface area contributed by atoms with Gasteiger partial charge in [0.15, 0.2) is 11.5 Å². The molecule has 0 spiro atoms. The number of para-hydroxylation sites is 1. The van der Waals surface area contributed by atoms with Crippen LogP contribution >= 0.6 is 0 Å². The Hall–Kier alpha value is -3.28. The first-order valence-corrected chi connectivity index (χ1v) is 11.1. The molecular weight excluding hydrogens is 404 g/mol. The summed E-state index contributed by atoms with van der Waals surface area (Å²) < 4.78 is 16.4. The lowest BCUT2D eigenvalue weighted by molar-refractivity contribution is 0.0934. The molecule has 0 unspecified atom stereocenters. The summed E-state index contributed by atoms with van der Waals surface area (Å²) in [6.45, 7) is 4.28. The van der Waals surface area contributed by atoms with E-state index in [-0.39, 0.29) is 11.9 Å². The number of rotatable bonds is 10. The predicted molar refractivity (Wildman–Crippen MR) is 128 cm³/mol. The van der Waals surface area contributed by atoms with Crippen molar-refractivity contribution < 1.29 is 19.0 Å². The SMILES string of the molecule is CCCC(CCC)NC(=O)c1cc(-c2cc(OC)c(OC)c(OC)c2)nc2ccccc12. The molecule has 0 aliphatic carbocycles. The monoisotopic (exact) mass is 436 g/mol. The molecule has 3 rings (SSSR count). The number of nitrogens with zero attached hydrogens (tertiary/aromatic N) is 1. The molecule has 6 nitrogen and oxygen atoms in total. The number of amides is 1. The van der Waals surface area contributed by atoms with E-state index in [1.807, 2.05) is 42.5 Å². The van der Waals surface area contributed by atoms with E-state index in [0.717, 1.165) is 42.1 Å². The lowest BCUT2D eigenvalue weighted by Gasteiger charge is -2.19. The van der Waals surface area contributed by atoms with Gasteiger partial charge in [0.05, 0.1) is 38.1 Å². The number of benzene rings is 2. The van der Waals surface area contributed by atoms with Crippen molar-refractivity contribution in [2.24, 2.45) is 0 Å². The number of methoxy groups -OCH3 is 3. The molecule has 0 aliphatic rings. The van der Waals surface area contributed by atoms with Crippen LogP contribution in [0, 0.1) is 0 Å². The molecule has 1 amide bonds. The summed E-state index contributed by atoms with van der Waals surface area (Å²) in [7, 11) is 4.73. The van der Waals surface area contributed by atoms with Crippen LogP contribution in [0.25, 0.3) is 22.2 Å². The fourth-order valence-corrected chi connectivity index (χ4v) is 3.99. The normalized spacial score (nSPS) is 10.9. The van der Waals surface area contributed by atoms with Crippen molar-refractivity contribution in [3.8, 4) is 28.5 Å². The maximum Gasteiger partial charge on any atom is 0.252 e. The summed E-state index contributed by atoms with van der Waals surface area (Å²) in [5.41, 5.74) is 2.80. The molecule has 2 aromatic carbocycles. The number of ether oxygens (including phenoxy) is 3. The van der Waals surface area contributed by atoms with Gasteiger partial charge in [0.2, 0.25) is 5.75 Å². The second-order valence-electron chi connectivity index (χ2n) is 7.73.